The molecule has 1 heterocycles. The number of rotatable bonds is 9. The van der Waals surface area contributed by atoms with Gasteiger partial charge in [-0.25, -0.2) is 4.98 Å². The second-order valence-corrected chi connectivity index (χ2v) is 5.93. The minimum absolute atomic E-state index is 0.244. The molecule has 1 aliphatic carbocycles. The third-order valence-corrected chi connectivity index (χ3v) is 3.61. The summed E-state index contributed by atoms with van der Waals surface area (Å²) in [5, 5.41) is 3.56. The zero-order valence-electron chi connectivity index (χ0n) is 13.1. The molecule has 0 spiro atoms. The number of nitrogens with zero attached hydrogens (tertiary/aromatic N) is 1. The van der Waals surface area contributed by atoms with E-state index in [1.54, 1.807) is 0 Å². The van der Waals surface area contributed by atoms with E-state index in [0.29, 0.717) is 0 Å². The van der Waals surface area contributed by atoms with Crippen LogP contribution in [0.25, 0.3) is 0 Å². The second-order valence-electron chi connectivity index (χ2n) is 5.93. The van der Waals surface area contributed by atoms with Crippen LogP contribution in [0, 0.1) is 0 Å². The van der Waals surface area contributed by atoms with Crippen molar-refractivity contribution >= 4 is 0 Å². The van der Waals surface area contributed by atoms with Gasteiger partial charge >= 0.3 is 0 Å². The van der Waals surface area contributed by atoms with Crippen LogP contribution in [-0.2, 0) is 13.0 Å². The number of ether oxygens (including phenoxy) is 1. The quantitative estimate of drug-likeness (QED) is 0.744. The minimum atomic E-state index is 0.244. The molecule has 1 aromatic rings. The van der Waals surface area contributed by atoms with Gasteiger partial charge < -0.3 is 10.1 Å². The van der Waals surface area contributed by atoms with Crippen molar-refractivity contribution in [3.8, 4) is 5.88 Å². The Morgan fingerprint density at radius 2 is 2.10 bits per heavy atom. The van der Waals surface area contributed by atoms with Gasteiger partial charge in [0.25, 0.3) is 0 Å². The average molecular weight is 276 g/mol. The van der Waals surface area contributed by atoms with Crippen LogP contribution in [0.1, 0.15) is 64.1 Å². The highest BCUT2D eigenvalue weighted by Crippen LogP contribution is 2.21. The molecule has 0 radical (unpaired) electrons. The number of hydrogen-bond donors (Lipinski definition) is 1. The van der Waals surface area contributed by atoms with Crippen molar-refractivity contribution in [3.05, 3.63) is 23.4 Å². The molecule has 1 saturated carbocycles. The van der Waals surface area contributed by atoms with E-state index in [1.807, 2.05) is 0 Å². The maximum Gasteiger partial charge on any atom is 0.214 e. The van der Waals surface area contributed by atoms with Crippen LogP contribution in [-0.4, -0.2) is 17.1 Å². The third-order valence-electron chi connectivity index (χ3n) is 3.61. The van der Waals surface area contributed by atoms with E-state index < -0.39 is 0 Å². The van der Waals surface area contributed by atoms with Crippen molar-refractivity contribution in [2.75, 3.05) is 0 Å². The van der Waals surface area contributed by atoms with E-state index in [0.717, 1.165) is 49.8 Å². The standard InChI is InChI=1S/C17H28N2O/c1-4-6-13(3)20-17-11-14(12-18-15-8-9-15)10-16(19-17)7-5-2/h10-11,13,15,18H,4-9,12H2,1-3H3. The van der Waals surface area contributed by atoms with Crippen LogP contribution in [0.3, 0.4) is 0 Å². The molecule has 3 heteroatoms. The van der Waals surface area contributed by atoms with Gasteiger partial charge in [0.2, 0.25) is 5.88 Å². The molecule has 1 N–H and O–H groups in total. The molecule has 20 heavy (non-hydrogen) atoms. The van der Waals surface area contributed by atoms with Gasteiger partial charge in [-0.2, -0.15) is 0 Å². The molecule has 1 unspecified atom stereocenters. The fraction of sp³-hybridized carbons (Fsp3) is 0.706. The lowest BCUT2D eigenvalue weighted by molar-refractivity contribution is 0.201. The number of aryl methyl sites for hydroxylation is 1. The minimum Gasteiger partial charge on any atom is -0.475 e. The van der Waals surface area contributed by atoms with Gasteiger partial charge in [-0.3, -0.25) is 0 Å². The third kappa shape index (κ3) is 5.12. The summed E-state index contributed by atoms with van der Waals surface area (Å²) < 4.78 is 5.97. The highest BCUT2D eigenvalue weighted by Gasteiger charge is 2.20. The SMILES string of the molecule is CCCc1cc(CNC2CC2)cc(OC(C)CCC)n1. The van der Waals surface area contributed by atoms with Crippen molar-refractivity contribution in [2.45, 2.75) is 78.0 Å². The van der Waals surface area contributed by atoms with Gasteiger partial charge in [0.05, 0.1) is 6.10 Å². The van der Waals surface area contributed by atoms with E-state index in [1.165, 1.54) is 18.4 Å². The van der Waals surface area contributed by atoms with Crippen LogP contribution in [0.2, 0.25) is 0 Å². The van der Waals surface area contributed by atoms with Crippen molar-refractivity contribution in [3.63, 3.8) is 0 Å². The zero-order chi connectivity index (χ0) is 14.4. The average Bonchev–Trinajstić information content (AvgIpc) is 3.21. The Morgan fingerprint density at radius 3 is 2.75 bits per heavy atom. The molecule has 1 aromatic heterocycles. The summed E-state index contributed by atoms with van der Waals surface area (Å²) in [6, 6.07) is 5.05. The Morgan fingerprint density at radius 1 is 1.30 bits per heavy atom. The summed E-state index contributed by atoms with van der Waals surface area (Å²) in [5.41, 5.74) is 2.45. The summed E-state index contributed by atoms with van der Waals surface area (Å²) in [4.78, 5) is 4.64. The fourth-order valence-corrected chi connectivity index (χ4v) is 2.39. The number of pyridine rings is 1. The normalized spacial score (nSPS) is 16.1. The largest absolute Gasteiger partial charge is 0.475 e. The number of hydrogen-bond acceptors (Lipinski definition) is 3. The van der Waals surface area contributed by atoms with Crippen LogP contribution >= 0.6 is 0 Å². The lowest BCUT2D eigenvalue weighted by atomic mass is 10.1. The maximum atomic E-state index is 5.97. The van der Waals surface area contributed by atoms with E-state index in [9.17, 15) is 0 Å². The van der Waals surface area contributed by atoms with Gasteiger partial charge in [0.15, 0.2) is 0 Å². The monoisotopic (exact) mass is 276 g/mol. The van der Waals surface area contributed by atoms with Crippen LogP contribution < -0.4 is 10.1 Å². The van der Waals surface area contributed by atoms with Crippen LogP contribution in [0.15, 0.2) is 12.1 Å². The Labute approximate surface area is 123 Å². The first kappa shape index (κ1) is 15.3. The molecule has 0 amide bonds. The Kier molecular flexibility index (Phi) is 5.84. The summed E-state index contributed by atoms with van der Waals surface area (Å²) >= 11 is 0. The molecular weight excluding hydrogens is 248 g/mol. The first-order valence-corrected chi connectivity index (χ1v) is 8.11. The fourth-order valence-electron chi connectivity index (χ4n) is 2.39. The lowest BCUT2D eigenvalue weighted by Crippen LogP contribution is -2.17. The predicted octanol–water partition coefficient (Wildman–Crippen LogP) is 3.85. The van der Waals surface area contributed by atoms with Crippen LogP contribution in [0.4, 0.5) is 0 Å². The van der Waals surface area contributed by atoms with Crippen molar-refractivity contribution < 1.29 is 4.74 Å². The Hall–Kier alpha value is -1.09. The van der Waals surface area contributed by atoms with Gasteiger partial charge in [-0.1, -0.05) is 26.7 Å². The molecule has 1 aliphatic rings. The highest BCUT2D eigenvalue weighted by atomic mass is 16.5. The lowest BCUT2D eigenvalue weighted by Gasteiger charge is -2.15. The molecule has 1 atom stereocenters. The maximum absolute atomic E-state index is 5.97. The van der Waals surface area contributed by atoms with E-state index in [4.69, 9.17) is 4.74 Å². The topological polar surface area (TPSA) is 34.1 Å². The zero-order valence-corrected chi connectivity index (χ0v) is 13.1. The van der Waals surface area contributed by atoms with Gasteiger partial charge in [0.1, 0.15) is 0 Å². The molecule has 0 bridgehead atoms. The second kappa shape index (κ2) is 7.63. The van der Waals surface area contributed by atoms with Gasteiger partial charge in [-0.05, 0) is 44.2 Å². The number of aromatic nitrogens is 1. The predicted molar refractivity (Wildman–Crippen MR) is 83.1 cm³/mol. The van der Waals surface area contributed by atoms with Gasteiger partial charge in [0, 0.05) is 24.3 Å². The van der Waals surface area contributed by atoms with Crippen molar-refractivity contribution in [1.29, 1.82) is 0 Å². The van der Waals surface area contributed by atoms with E-state index >= 15 is 0 Å². The molecule has 1 fully saturated rings. The Bertz CT molecular complexity index is 415. The Balaban J connectivity index is 2.03. The number of nitrogens with one attached hydrogen (secondary N) is 1. The summed E-state index contributed by atoms with van der Waals surface area (Å²) in [5.74, 6) is 0.796. The summed E-state index contributed by atoms with van der Waals surface area (Å²) in [7, 11) is 0. The van der Waals surface area contributed by atoms with E-state index in [-0.39, 0.29) is 6.10 Å². The van der Waals surface area contributed by atoms with Crippen molar-refractivity contribution in [2.24, 2.45) is 0 Å². The highest BCUT2D eigenvalue weighted by molar-refractivity contribution is 5.25. The molecule has 3 nitrogen and oxygen atoms in total. The summed E-state index contributed by atoms with van der Waals surface area (Å²) in [6.07, 6.45) is 7.26. The molecule has 0 saturated heterocycles. The first-order chi connectivity index (χ1) is 9.71. The smallest absolute Gasteiger partial charge is 0.214 e. The molecule has 112 valence electrons. The van der Waals surface area contributed by atoms with E-state index in [2.05, 4.69) is 43.2 Å². The molecular formula is C17H28N2O. The molecule has 0 aromatic carbocycles. The molecule has 2 rings (SSSR count). The first-order valence-electron chi connectivity index (χ1n) is 8.11. The van der Waals surface area contributed by atoms with Gasteiger partial charge in [-0.15, -0.1) is 0 Å². The molecule has 0 aliphatic heterocycles. The summed E-state index contributed by atoms with van der Waals surface area (Å²) in [6.45, 7) is 7.44. The van der Waals surface area contributed by atoms with Crippen LogP contribution in [0.5, 0.6) is 5.88 Å². The van der Waals surface area contributed by atoms with Crippen molar-refractivity contribution in [1.82, 2.24) is 10.3 Å².